The fraction of sp³-hybridized carbons (Fsp3) is 0.609. The first-order valence-electron chi connectivity index (χ1n) is 11.0. The molecule has 2 amide bonds. The highest BCUT2D eigenvalue weighted by Gasteiger charge is 2.38. The number of likely N-dealkylation sites (tertiary alicyclic amines) is 1. The van der Waals surface area contributed by atoms with Crippen LogP contribution >= 0.6 is 0 Å². The van der Waals surface area contributed by atoms with Crippen molar-refractivity contribution in [3.05, 3.63) is 29.1 Å². The summed E-state index contributed by atoms with van der Waals surface area (Å²) in [6.07, 6.45) is 0.651. The maximum Gasteiger partial charge on any atom is 0.410 e. The number of amides is 2. The largest absolute Gasteiger partial charge is 0.444 e. The average Bonchev–Trinajstić information content (AvgIpc) is 2.71. The van der Waals surface area contributed by atoms with Gasteiger partial charge < -0.3 is 14.5 Å². The molecule has 8 nitrogen and oxygen atoms in total. The highest BCUT2D eigenvalue weighted by molar-refractivity contribution is 6.05. The molecule has 176 valence electrons. The highest BCUT2D eigenvalue weighted by atomic mass is 19.1. The number of hydrogen-bond acceptors (Lipinski definition) is 6. The van der Waals surface area contributed by atoms with Gasteiger partial charge in [-0.25, -0.2) is 15.0 Å². The van der Waals surface area contributed by atoms with Gasteiger partial charge >= 0.3 is 6.09 Å². The Hall–Kier alpha value is -2.68. The van der Waals surface area contributed by atoms with Crippen LogP contribution in [0.4, 0.5) is 14.9 Å². The van der Waals surface area contributed by atoms with Crippen LogP contribution < -0.4 is 16.2 Å². The molecule has 0 aliphatic carbocycles. The number of nitrogens with one attached hydrogen (secondary N) is 1. The van der Waals surface area contributed by atoms with Gasteiger partial charge in [0.1, 0.15) is 11.4 Å². The third kappa shape index (κ3) is 4.87. The van der Waals surface area contributed by atoms with Crippen molar-refractivity contribution in [2.45, 2.75) is 59.1 Å². The zero-order chi connectivity index (χ0) is 23.8. The number of nitrogens with zero attached hydrogens (tertiary/aromatic N) is 2. The Morgan fingerprint density at radius 2 is 1.97 bits per heavy atom. The number of benzene rings is 1. The molecule has 3 atom stereocenters. The standard InChI is InChI=1S/C23H33FN4O4/c1-13-12-27(22(31)32-23(3,4)5)8-6-16(13)14(2)28-9-7-19(29)20-17(24)10-15(11-18(20)28)21(30)26-25/h10-11,13-14,16H,6-9,12,25H2,1-5H3,(H,26,30)/t13-,14+,16+/m1/s1. The summed E-state index contributed by atoms with van der Waals surface area (Å²) in [5.41, 5.74) is 1.99. The number of nitrogens with two attached hydrogens (primary N) is 1. The SMILES string of the molecule is C[C@@H]1CN(C(=O)OC(C)(C)C)CC[C@@H]1[C@H](C)N1CCC(=O)c2c(F)cc(C(=O)NN)cc21. The second-order valence-electron chi connectivity index (χ2n) is 9.79. The van der Waals surface area contributed by atoms with E-state index in [0.29, 0.717) is 25.3 Å². The second kappa shape index (κ2) is 9.05. The molecule has 32 heavy (non-hydrogen) atoms. The predicted molar refractivity (Wildman–Crippen MR) is 119 cm³/mol. The molecule has 1 aromatic rings. The fourth-order valence-electron chi connectivity index (χ4n) is 4.80. The summed E-state index contributed by atoms with van der Waals surface area (Å²) in [6.45, 7) is 11.2. The van der Waals surface area contributed by atoms with Crippen molar-refractivity contribution < 1.29 is 23.5 Å². The van der Waals surface area contributed by atoms with Gasteiger partial charge in [-0.15, -0.1) is 0 Å². The molecular weight excluding hydrogens is 415 g/mol. The van der Waals surface area contributed by atoms with E-state index in [1.54, 1.807) is 4.90 Å². The van der Waals surface area contributed by atoms with E-state index in [9.17, 15) is 18.8 Å². The van der Waals surface area contributed by atoms with Crippen LogP contribution in [0.1, 0.15) is 68.2 Å². The van der Waals surface area contributed by atoms with Gasteiger partial charge in [-0.05, 0) is 58.1 Å². The van der Waals surface area contributed by atoms with Gasteiger partial charge in [-0.3, -0.25) is 15.0 Å². The van der Waals surface area contributed by atoms with E-state index in [4.69, 9.17) is 10.6 Å². The summed E-state index contributed by atoms with van der Waals surface area (Å²) in [5.74, 6) is 4.01. The number of hydrogen-bond donors (Lipinski definition) is 2. The second-order valence-corrected chi connectivity index (χ2v) is 9.79. The van der Waals surface area contributed by atoms with E-state index >= 15 is 0 Å². The van der Waals surface area contributed by atoms with E-state index in [1.165, 1.54) is 6.07 Å². The predicted octanol–water partition coefficient (Wildman–Crippen LogP) is 3.10. The van der Waals surface area contributed by atoms with Crippen LogP contribution in [0.5, 0.6) is 0 Å². The normalized spacial score (nSPS) is 22.3. The lowest BCUT2D eigenvalue weighted by atomic mass is 9.80. The Kier molecular flexibility index (Phi) is 6.78. The van der Waals surface area contributed by atoms with Crippen LogP contribution in [0, 0.1) is 17.7 Å². The molecule has 2 aliphatic heterocycles. The zero-order valence-electron chi connectivity index (χ0n) is 19.4. The van der Waals surface area contributed by atoms with Crippen molar-refractivity contribution in [1.29, 1.82) is 0 Å². The molecule has 1 aromatic carbocycles. The lowest BCUT2D eigenvalue weighted by Gasteiger charge is -2.45. The first-order valence-corrected chi connectivity index (χ1v) is 11.0. The number of hydrazine groups is 1. The Bertz CT molecular complexity index is 914. The molecule has 3 N–H and O–H groups in total. The van der Waals surface area contributed by atoms with Crippen molar-refractivity contribution in [3.8, 4) is 0 Å². The van der Waals surface area contributed by atoms with Crippen molar-refractivity contribution >= 4 is 23.5 Å². The first kappa shape index (κ1) is 24.0. The summed E-state index contributed by atoms with van der Waals surface area (Å²) in [5, 5.41) is 0. The quantitative estimate of drug-likeness (QED) is 0.418. The molecule has 1 fully saturated rings. The Labute approximate surface area is 188 Å². The molecule has 0 saturated carbocycles. The van der Waals surface area contributed by atoms with E-state index < -0.39 is 17.3 Å². The molecule has 9 heteroatoms. The molecule has 0 unspecified atom stereocenters. The van der Waals surface area contributed by atoms with Crippen LogP contribution in [0.25, 0.3) is 0 Å². The number of nitrogen functional groups attached to an aromatic ring is 1. The first-order chi connectivity index (χ1) is 14.9. The molecule has 0 spiro atoms. The minimum absolute atomic E-state index is 0.0202. The minimum atomic E-state index is -0.712. The summed E-state index contributed by atoms with van der Waals surface area (Å²) >= 11 is 0. The van der Waals surface area contributed by atoms with Crippen LogP contribution in [0.3, 0.4) is 0 Å². The number of ketones is 1. The maximum atomic E-state index is 14.8. The number of carbonyl (C=O) groups excluding carboxylic acids is 3. The molecule has 3 rings (SSSR count). The number of piperidine rings is 1. The van der Waals surface area contributed by atoms with Gasteiger partial charge in [0.25, 0.3) is 5.91 Å². The molecule has 0 radical (unpaired) electrons. The number of anilines is 1. The number of carbonyl (C=O) groups is 3. The van der Waals surface area contributed by atoms with Gasteiger partial charge in [0.05, 0.1) is 11.3 Å². The molecular formula is C23H33FN4O4. The van der Waals surface area contributed by atoms with Crippen LogP contribution in [0.2, 0.25) is 0 Å². The van der Waals surface area contributed by atoms with Gasteiger partial charge in [0, 0.05) is 37.7 Å². The van der Waals surface area contributed by atoms with Crippen LogP contribution in [-0.4, -0.2) is 54.0 Å². The van der Waals surface area contributed by atoms with E-state index in [2.05, 4.69) is 13.8 Å². The number of Topliss-reactive ketones (excluding diaryl/α,β-unsaturated/α-hetero) is 1. The molecule has 1 saturated heterocycles. The van der Waals surface area contributed by atoms with Crippen LogP contribution in [-0.2, 0) is 4.74 Å². The van der Waals surface area contributed by atoms with Crippen LogP contribution in [0.15, 0.2) is 12.1 Å². The minimum Gasteiger partial charge on any atom is -0.444 e. The number of ether oxygens (including phenoxy) is 1. The molecule has 2 heterocycles. The van der Waals surface area contributed by atoms with Gasteiger partial charge in [0.2, 0.25) is 0 Å². The topological polar surface area (TPSA) is 105 Å². The van der Waals surface area contributed by atoms with Crippen molar-refractivity contribution in [3.63, 3.8) is 0 Å². The van der Waals surface area contributed by atoms with E-state index in [0.717, 1.165) is 12.5 Å². The van der Waals surface area contributed by atoms with E-state index in [-0.39, 0.29) is 47.3 Å². The smallest absolute Gasteiger partial charge is 0.410 e. The zero-order valence-corrected chi connectivity index (χ0v) is 19.4. The van der Waals surface area contributed by atoms with Crippen molar-refractivity contribution in [2.24, 2.45) is 17.7 Å². The number of rotatable bonds is 3. The Morgan fingerprint density at radius 1 is 1.28 bits per heavy atom. The summed E-state index contributed by atoms with van der Waals surface area (Å²) < 4.78 is 20.3. The van der Waals surface area contributed by atoms with E-state index in [1.807, 2.05) is 31.1 Å². The number of halogens is 1. The van der Waals surface area contributed by atoms with Gasteiger partial charge in [-0.2, -0.15) is 0 Å². The molecule has 0 aromatic heterocycles. The Morgan fingerprint density at radius 3 is 2.56 bits per heavy atom. The molecule has 0 bridgehead atoms. The average molecular weight is 449 g/mol. The molecule has 2 aliphatic rings. The maximum absolute atomic E-state index is 14.8. The third-order valence-corrected chi connectivity index (χ3v) is 6.37. The fourth-order valence-corrected chi connectivity index (χ4v) is 4.80. The lowest BCUT2D eigenvalue weighted by Crippen LogP contribution is -2.52. The van der Waals surface area contributed by atoms with Crippen molar-refractivity contribution in [2.75, 3.05) is 24.5 Å². The number of fused-ring (bicyclic) bond motifs is 1. The van der Waals surface area contributed by atoms with Gasteiger partial charge in [-0.1, -0.05) is 6.92 Å². The summed E-state index contributed by atoms with van der Waals surface area (Å²) in [4.78, 5) is 40.7. The monoisotopic (exact) mass is 448 g/mol. The summed E-state index contributed by atoms with van der Waals surface area (Å²) in [6, 6.07) is 2.57. The summed E-state index contributed by atoms with van der Waals surface area (Å²) in [7, 11) is 0. The van der Waals surface area contributed by atoms with Crippen molar-refractivity contribution in [1.82, 2.24) is 10.3 Å². The Balaban J connectivity index is 1.82. The van der Waals surface area contributed by atoms with Gasteiger partial charge in [0.15, 0.2) is 5.78 Å². The third-order valence-electron chi connectivity index (χ3n) is 6.37. The highest BCUT2D eigenvalue weighted by Crippen LogP contribution is 2.37. The lowest BCUT2D eigenvalue weighted by molar-refractivity contribution is 0.00999.